The Kier molecular flexibility index (Phi) is 4.97. The Morgan fingerprint density at radius 1 is 0.968 bits per heavy atom. The van der Waals surface area contributed by atoms with Gasteiger partial charge in [-0.2, -0.15) is 0 Å². The number of rotatable bonds is 5. The maximum absolute atomic E-state index is 5.89. The first-order chi connectivity index (χ1) is 15.1. The highest BCUT2D eigenvalue weighted by atomic mass is 35.5. The van der Waals surface area contributed by atoms with Crippen molar-refractivity contribution in [3.63, 3.8) is 0 Å². The molecule has 0 saturated heterocycles. The molecule has 0 aliphatic carbocycles. The van der Waals surface area contributed by atoms with Gasteiger partial charge in [-0.05, 0) is 12.1 Å². The number of imidazole rings is 1. The van der Waals surface area contributed by atoms with Gasteiger partial charge in [0.15, 0.2) is 5.65 Å². The summed E-state index contributed by atoms with van der Waals surface area (Å²) in [7, 11) is 1.99. The summed E-state index contributed by atoms with van der Waals surface area (Å²) in [6.45, 7) is 0.619. The van der Waals surface area contributed by atoms with Gasteiger partial charge in [-0.15, -0.1) is 10.2 Å². The van der Waals surface area contributed by atoms with Gasteiger partial charge >= 0.3 is 0 Å². The van der Waals surface area contributed by atoms with Crippen molar-refractivity contribution in [2.75, 3.05) is 17.7 Å². The highest BCUT2D eigenvalue weighted by Crippen LogP contribution is 2.28. The number of aromatic nitrogens is 6. The Balaban J connectivity index is 1.43. The highest BCUT2D eigenvalue weighted by Gasteiger charge is 2.11. The predicted molar refractivity (Wildman–Crippen MR) is 123 cm³/mol. The molecule has 8 nitrogen and oxygen atoms in total. The molecule has 0 radical (unpaired) electrons. The molecule has 0 spiro atoms. The highest BCUT2D eigenvalue weighted by molar-refractivity contribution is 7.18. The average Bonchev–Trinajstić information content (AvgIpc) is 3.40. The number of halogens is 1. The lowest BCUT2D eigenvalue weighted by Gasteiger charge is -2.18. The first-order valence-corrected chi connectivity index (χ1v) is 10.6. The second-order valence-corrected chi connectivity index (χ2v) is 8.36. The fourth-order valence-corrected chi connectivity index (χ4v) is 4.01. The van der Waals surface area contributed by atoms with E-state index in [9.17, 15) is 0 Å². The molecule has 5 aromatic rings. The minimum Gasteiger partial charge on any atom is -0.374 e. The van der Waals surface area contributed by atoms with E-state index in [0.717, 1.165) is 38.9 Å². The van der Waals surface area contributed by atoms with E-state index in [1.54, 1.807) is 18.5 Å². The van der Waals surface area contributed by atoms with Crippen LogP contribution in [0.3, 0.4) is 0 Å². The topological polar surface area (TPSA) is 98.1 Å². The summed E-state index contributed by atoms with van der Waals surface area (Å²) < 4.78 is 2.05. The van der Waals surface area contributed by atoms with Crippen molar-refractivity contribution in [3.05, 3.63) is 72.0 Å². The second-order valence-electron chi connectivity index (χ2n) is 6.97. The molecule has 1 aromatic carbocycles. The third-order valence-corrected chi connectivity index (χ3v) is 5.89. The smallest absolute Gasteiger partial charge is 0.203 e. The minimum absolute atomic E-state index is 0.459. The quantitative estimate of drug-likeness (QED) is 0.402. The zero-order chi connectivity index (χ0) is 21.4. The maximum Gasteiger partial charge on any atom is 0.203 e. The van der Waals surface area contributed by atoms with Crippen molar-refractivity contribution in [1.29, 1.82) is 0 Å². The zero-order valence-corrected chi connectivity index (χ0v) is 18.0. The number of anilines is 2. The lowest BCUT2D eigenvalue weighted by Crippen LogP contribution is -2.17. The van der Waals surface area contributed by atoms with Crippen LogP contribution in [0.4, 0.5) is 10.8 Å². The van der Waals surface area contributed by atoms with Gasteiger partial charge in [0.2, 0.25) is 5.13 Å². The number of nitrogens with two attached hydrogens (primary N) is 1. The van der Waals surface area contributed by atoms with Gasteiger partial charge in [-0.3, -0.25) is 9.38 Å². The summed E-state index contributed by atoms with van der Waals surface area (Å²) in [6.07, 6.45) is 7.39. The van der Waals surface area contributed by atoms with E-state index in [0.29, 0.717) is 16.8 Å². The fourth-order valence-electron chi connectivity index (χ4n) is 3.29. The van der Waals surface area contributed by atoms with Gasteiger partial charge < -0.3 is 10.6 Å². The molecular weight excluding hydrogens is 432 g/mol. The Morgan fingerprint density at radius 2 is 1.77 bits per heavy atom. The Morgan fingerprint density at radius 3 is 2.48 bits per heavy atom. The van der Waals surface area contributed by atoms with Gasteiger partial charge in [0, 0.05) is 24.4 Å². The average molecular weight is 449 g/mol. The van der Waals surface area contributed by atoms with Gasteiger partial charge in [0.25, 0.3) is 0 Å². The van der Waals surface area contributed by atoms with Crippen LogP contribution < -0.4 is 10.6 Å². The monoisotopic (exact) mass is 448 g/mol. The van der Waals surface area contributed by atoms with Gasteiger partial charge in [0.1, 0.15) is 10.2 Å². The number of nitrogen functional groups attached to an aromatic ring is 1. The number of fused-ring (bicyclic) bond motifs is 1. The molecule has 0 fully saturated rings. The third-order valence-electron chi connectivity index (χ3n) is 4.87. The maximum atomic E-state index is 5.89. The molecular formula is C21H17ClN8S. The van der Waals surface area contributed by atoms with E-state index in [-0.39, 0.29) is 0 Å². The summed E-state index contributed by atoms with van der Waals surface area (Å²) in [5.41, 5.74) is 11.4. The Hall–Kier alpha value is -3.56. The van der Waals surface area contributed by atoms with E-state index in [1.165, 1.54) is 11.3 Å². The minimum atomic E-state index is 0.459. The zero-order valence-electron chi connectivity index (χ0n) is 16.5. The van der Waals surface area contributed by atoms with Crippen molar-refractivity contribution in [2.45, 2.75) is 6.54 Å². The van der Waals surface area contributed by atoms with Crippen molar-refractivity contribution in [3.8, 4) is 21.8 Å². The predicted octanol–water partition coefficient (Wildman–Crippen LogP) is 4.18. The largest absolute Gasteiger partial charge is 0.374 e. The van der Waals surface area contributed by atoms with Gasteiger partial charge in [0.05, 0.1) is 42.2 Å². The molecule has 4 aromatic heterocycles. The summed E-state index contributed by atoms with van der Waals surface area (Å²) in [5, 5.41) is 9.71. The number of hydrogen-bond donors (Lipinski definition) is 1. The number of pyridine rings is 1. The molecule has 10 heteroatoms. The molecule has 0 aliphatic heterocycles. The molecule has 2 N–H and O–H groups in total. The second kappa shape index (κ2) is 7.93. The number of hydrogen-bond acceptors (Lipinski definition) is 8. The van der Waals surface area contributed by atoms with Crippen LogP contribution in [0.1, 0.15) is 5.69 Å². The standard InChI is InChI=1S/C21H17ClN8S/c1-29(16-6-7-18(22)25-8-16)11-15-12-30-17(9-26-19(30)10-24-15)13-2-4-14(5-3-13)20-27-28-21(23)31-20/h2-10,12H,11H2,1H3,(H2,23,28). The number of benzene rings is 1. The van der Waals surface area contributed by atoms with Crippen molar-refractivity contribution in [2.24, 2.45) is 0 Å². The fraction of sp³-hybridized carbons (Fsp3) is 0.0952. The summed E-state index contributed by atoms with van der Waals surface area (Å²) in [6, 6.07) is 11.8. The molecule has 0 saturated carbocycles. The van der Waals surface area contributed by atoms with Crippen molar-refractivity contribution >= 4 is 39.4 Å². The molecule has 0 unspecified atom stereocenters. The van der Waals surface area contributed by atoms with E-state index < -0.39 is 0 Å². The SMILES string of the molecule is CN(Cc1cn2c(-c3ccc(-c4nnc(N)s4)cc3)cnc2cn1)c1ccc(Cl)nc1. The normalized spacial score (nSPS) is 11.2. The molecule has 0 amide bonds. The molecule has 0 bridgehead atoms. The van der Waals surface area contributed by atoms with Gasteiger partial charge in [-0.1, -0.05) is 47.2 Å². The van der Waals surface area contributed by atoms with Gasteiger partial charge in [-0.25, -0.2) is 9.97 Å². The number of nitrogens with zero attached hydrogens (tertiary/aromatic N) is 7. The van der Waals surface area contributed by atoms with Crippen LogP contribution in [0.2, 0.25) is 5.15 Å². The van der Waals surface area contributed by atoms with E-state index >= 15 is 0 Å². The summed E-state index contributed by atoms with van der Waals surface area (Å²) in [4.78, 5) is 15.3. The van der Waals surface area contributed by atoms with Crippen LogP contribution in [0.5, 0.6) is 0 Å². The molecule has 0 atom stereocenters. The Bertz CT molecular complexity index is 1340. The third kappa shape index (κ3) is 3.92. The van der Waals surface area contributed by atoms with E-state index in [1.807, 2.05) is 54.2 Å². The van der Waals surface area contributed by atoms with E-state index in [4.69, 9.17) is 17.3 Å². The molecule has 4 heterocycles. The van der Waals surface area contributed by atoms with Crippen molar-refractivity contribution in [1.82, 2.24) is 29.5 Å². The molecule has 154 valence electrons. The first-order valence-electron chi connectivity index (χ1n) is 9.41. The first kappa shape index (κ1) is 19.4. The molecule has 5 rings (SSSR count). The molecule has 0 aliphatic rings. The summed E-state index contributed by atoms with van der Waals surface area (Å²) >= 11 is 7.25. The van der Waals surface area contributed by atoms with Crippen LogP contribution >= 0.6 is 22.9 Å². The van der Waals surface area contributed by atoms with E-state index in [2.05, 4.69) is 30.0 Å². The van der Waals surface area contributed by atoms with Crippen LogP contribution in [0.25, 0.3) is 27.5 Å². The molecule has 31 heavy (non-hydrogen) atoms. The lowest BCUT2D eigenvalue weighted by molar-refractivity contribution is 0.866. The van der Waals surface area contributed by atoms with Crippen LogP contribution in [-0.4, -0.2) is 36.6 Å². The van der Waals surface area contributed by atoms with Crippen LogP contribution in [-0.2, 0) is 6.54 Å². The van der Waals surface area contributed by atoms with Crippen LogP contribution in [0, 0.1) is 0 Å². The summed E-state index contributed by atoms with van der Waals surface area (Å²) in [5.74, 6) is 0. The van der Waals surface area contributed by atoms with Crippen LogP contribution in [0.15, 0.2) is 61.2 Å². The lowest BCUT2D eigenvalue weighted by atomic mass is 10.1. The van der Waals surface area contributed by atoms with Crippen molar-refractivity contribution < 1.29 is 0 Å². The Labute approximate surface area is 187 Å².